The zero-order chi connectivity index (χ0) is 18.5. The van der Waals surface area contributed by atoms with E-state index in [0.29, 0.717) is 25.3 Å². The van der Waals surface area contributed by atoms with Gasteiger partial charge in [0, 0.05) is 50.7 Å². The summed E-state index contributed by atoms with van der Waals surface area (Å²) in [4.78, 5) is 38.8. The van der Waals surface area contributed by atoms with Gasteiger partial charge in [0.1, 0.15) is 12.0 Å². The van der Waals surface area contributed by atoms with E-state index in [-0.39, 0.29) is 17.5 Å². The summed E-state index contributed by atoms with van der Waals surface area (Å²) >= 11 is 0. The van der Waals surface area contributed by atoms with Crippen LogP contribution in [0.1, 0.15) is 0 Å². The summed E-state index contributed by atoms with van der Waals surface area (Å²) in [5, 5.41) is 2.96. The van der Waals surface area contributed by atoms with E-state index in [1.54, 1.807) is 35.5 Å². The van der Waals surface area contributed by atoms with Gasteiger partial charge in [0.05, 0.1) is 11.7 Å². The van der Waals surface area contributed by atoms with Crippen LogP contribution in [0.4, 0.5) is 5.69 Å². The zero-order valence-electron chi connectivity index (χ0n) is 14.8. The van der Waals surface area contributed by atoms with Crippen LogP contribution < -0.4 is 15.8 Å². The van der Waals surface area contributed by atoms with E-state index in [2.05, 4.69) is 20.3 Å². The number of nitrogens with one attached hydrogen (secondary N) is 2. The summed E-state index contributed by atoms with van der Waals surface area (Å²) in [6, 6.07) is 3.72. The number of likely N-dealkylation sites (N-methyl/N-ethyl adjacent to an activating group) is 2. The summed E-state index contributed by atoms with van der Waals surface area (Å²) in [7, 11) is 3.70. The molecule has 1 aliphatic heterocycles. The number of amides is 1. The average molecular weight is 354 g/mol. The van der Waals surface area contributed by atoms with E-state index in [1.165, 1.54) is 6.33 Å². The highest BCUT2D eigenvalue weighted by atomic mass is 16.2. The SMILES string of the molecule is CNC/C=C/C(=O)N1CC(N(C)c2cc(-c3ccncn3)c[nH]c2=O)C1. The third-order valence-corrected chi connectivity index (χ3v) is 4.45. The number of H-pyrrole nitrogens is 1. The molecular formula is C18H22N6O2. The van der Waals surface area contributed by atoms with Crippen LogP contribution in [0.2, 0.25) is 0 Å². The minimum absolute atomic E-state index is 0.00598. The van der Waals surface area contributed by atoms with Gasteiger partial charge < -0.3 is 20.1 Å². The summed E-state index contributed by atoms with van der Waals surface area (Å²) in [6.07, 6.45) is 8.16. The molecule has 0 radical (unpaired) electrons. The molecule has 0 spiro atoms. The van der Waals surface area contributed by atoms with Crippen molar-refractivity contribution < 1.29 is 4.79 Å². The molecule has 136 valence electrons. The maximum atomic E-state index is 12.2. The average Bonchev–Trinajstić information content (AvgIpc) is 2.61. The lowest BCUT2D eigenvalue weighted by molar-refractivity contribution is -0.130. The first-order valence-corrected chi connectivity index (χ1v) is 8.42. The maximum Gasteiger partial charge on any atom is 0.271 e. The van der Waals surface area contributed by atoms with Gasteiger partial charge in [-0.2, -0.15) is 0 Å². The fourth-order valence-electron chi connectivity index (χ4n) is 2.80. The van der Waals surface area contributed by atoms with Gasteiger partial charge in [0.15, 0.2) is 0 Å². The molecule has 0 aliphatic carbocycles. The predicted octanol–water partition coefficient (Wildman–Crippen LogP) is 0.254. The van der Waals surface area contributed by atoms with Crippen molar-refractivity contribution in [2.45, 2.75) is 6.04 Å². The van der Waals surface area contributed by atoms with Crippen LogP contribution in [0.25, 0.3) is 11.3 Å². The lowest BCUT2D eigenvalue weighted by Crippen LogP contribution is -2.60. The van der Waals surface area contributed by atoms with Crippen LogP contribution in [-0.2, 0) is 4.79 Å². The number of likely N-dealkylation sites (tertiary alicyclic amines) is 1. The Labute approximate surface area is 151 Å². The fraction of sp³-hybridized carbons (Fsp3) is 0.333. The number of hydrogen-bond acceptors (Lipinski definition) is 6. The summed E-state index contributed by atoms with van der Waals surface area (Å²) in [5.74, 6) is -0.00598. The van der Waals surface area contributed by atoms with Crippen LogP contribution in [0.3, 0.4) is 0 Å². The lowest BCUT2D eigenvalue weighted by atomic mass is 10.1. The van der Waals surface area contributed by atoms with E-state index >= 15 is 0 Å². The lowest BCUT2D eigenvalue weighted by Gasteiger charge is -2.44. The number of rotatable bonds is 6. The molecule has 3 rings (SSSR count). The molecule has 2 N–H and O–H groups in total. The molecule has 8 heteroatoms. The Morgan fingerprint density at radius 1 is 1.50 bits per heavy atom. The van der Waals surface area contributed by atoms with Crippen LogP contribution in [0, 0.1) is 0 Å². The number of carbonyl (C=O) groups is 1. The van der Waals surface area contributed by atoms with Crippen LogP contribution in [0.5, 0.6) is 0 Å². The molecule has 0 saturated carbocycles. The molecule has 0 bridgehead atoms. The van der Waals surface area contributed by atoms with E-state index in [1.807, 2.05) is 25.1 Å². The van der Waals surface area contributed by atoms with Gasteiger partial charge in [-0.15, -0.1) is 0 Å². The number of hydrogen-bond donors (Lipinski definition) is 2. The first-order chi connectivity index (χ1) is 12.6. The van der Waals surface area contributed by atoms with Crippen molar-refractivity contribution in [3.05, 3.63) is 53.4 Å². The topological polar surface area (TPSA) is 94.2 Å². The van der Waals surface area contributed by atoms with E-state index in [0.717, 1.165) is 11.3 Å². The first-order valence-electron chi connectivity index (χ1n) is 8.42. The second-order valence-electron chi connectivity index (χ2n) is 6.17. The van der Waals surface area contributed by atoms with Gasteiger partial charge in [0.2, 0.25) is 5.91 Å². The number of aromatic nitrogens is 3. The molecule has 1 amide bonds. The number of pyridine rings is 1. The summed E-state index contributed by atoms with van der Waals surface area (Å²) < 4.78 is 0. The van der Waals surface area contributed by atoms with Gasteiger partial charge >= 0.3 is 0 Å². The monoisotopic (exact) mass is 354 g/mol. The molecule has 1 aliphatic rings. The summed E-state index contributed by atoms with van der Waals surface area (Å²) in [5.41, 5.74) is 1.95. The molecule has 0 unspecified atom stereocenters. The summed E-state index contributed by atoms with van der Waals surface area (Å²) in [6.45, 7) is 1.85. The normalized spacial score (nSPS) is 14.5. The first kappa shape index (κ1) is 17.8. The molecule has 3 heterocycles. The van der Waals surface area contributed by atoms with E-state index in [4.69, 9.17) is 0 Å². The number of carbonyl (C=O) groups excluding carboxylic acids is 1. The highest BCUT2D eigenvalue weighted by Crippen LogP contribution is 2.22. The standard InChI is InChI=1S/C18H22N6O2/c1-19-6-3-4-17(25)24-10-14(11-24)23(2)16-8-13(9-21-18(16)26)15-5-7-20-12-22-15/h3-5,7-9,12,14,19H,6,10-11H2,1-2H3,(H,21,26)/b4-3+. The number of nitrogens with zero attached hydrogens (tertiary/aromatic N) is 4. The molecule has 2 aromatic rings. The molecule has 0 aromatic carbocycles. The maximum absolute atomic E-state index is 12.2. The van der Waals surface area contributed by atoms with Crippen LogP contribution >= 0.6 is 0 Å². The van der Waals surface area contributed by atoms with Crippen LogP contribution in [0.15, 0.2) is 47.8 Å². The quantitative estimate of drug-likeness (QED) is 0.723. The van der Waals surface area contributed by atoms with E-state index < -0.39 is 0 Å². The third kappa shape index (κ3) is 3.80. The minimum atomic E-state index is -0.163. The molecular weight excluding hydrogens is 332 g/mol. The van der Waals surface area contributed by atoms with Gasteiger partial charge in [0.25, 0.3) is 5.56 Å². The Kier molecular flexibility index (Phi) is 5.43. The number of aromatic amines is 1. The van der Waals surface area contributed by atoms with Gasteiger partial charge in [-0.25, -0.2) is 9.97 Å². The van der Waals surface area contributed by atoms with Crippen molar-refractivity contribution in [1.29, 1.82) is 0 Å². The fourth-order valence-corrected chi connectivity index (χ4v) is 2.80. The van der Waals surface area contributed by atoms with Crippen molar-refractivity contribution in [1.82, 2.24) is 25.2 Å². The van der Waals surface area contributed by atoms with E-state index in [9.17, 15) is 9.59 Å². The van der Waals surface area contributed by atoms with Gasteiger partial charge in [-0.3, -0.25) is 9.59 Å². The molecule has 1 fully saturated rings. The van der Waals surface area contributed by atoms with Gasteiger partial charge in [-0.05, 0) is 19.2 Å². The Morgan fingerprint density at radius 2 is 2.31 bits per heavy atom. The molecule has 1 saturated heterocycles. The minimum Gasteiger partial charge on any atom is -0.364 e. The number of anilines is 1. The Morgan fingerprint density at radius 3 is 3.00 bits per heavy atom. The van der Waals surface area contributed by atoms with Crippen molar-refractivity contribution >= 4 is 11.6 Å². The smallest absolute Gasteiger partial charge is 0.271 e. The highest BCUT2D eigenvalue weighted by Gasteiger charge is 2.33. The second kappa shape index (κ2) is 7.92. The van der Waals surface area contributed by atoms with Crippen molar-refractivity contribution in [3.8, 4) is 11.3 Å². The second-order valence-corrected chi connectivity index (χ2v) is 6.17. The van der Waals surface area contributed by atoms with Gasteiger partial charge in [-0.1, -0.05) is 6.08 Å². The van der Waals surface area contributed by atoms with Crippen LogP contribution in [-0.4, -0.2) is 65.5 Å². The Balaban J connectivity index is 1.69. The third-order valence-electron chi connectivity index (χ3n) is 4.45. The molecule has 2 aromatic heterocycles. The predicted molar refractivity (Wildman–Crippen MR) is 99.9 cm³/mol. The zero-order valence-corrected chi connectivity index (χ0v) is 14.8. The Bertz CT molecular complexity index is 842. The van der Waals surface area contributed by atoms with Crippen molar-refractivity contribution in [2.24, 2.45) is 0 Å². The highest BCUT2D eigenvalue weighted by molar-refractivity contribution is 5.88. The largest absolute Gasteiger partial charge is 0.364 e. The molecule has 26 heavy (non-hydrogen) atoms. The Hall–Kier alpha value is -3.00. The molecule has 0 atom stereocenters. The van der Waals surface area contributed by atoms with Crippen molar-refractivity contribution in [3.63, 3.8) is 0 Å². The van der Waals surface area contributed by atoms with Crippen molar-refractivity contribution in [2.75, 3.05) is 38.6 Å². The molecule has 8 nitrogen and oxygen atoms in total.